The number of likely N-dealkylation sites (tertiary alicyclic amines) is 2. The van der Waals surface area contributed by atoms with Crippen LogP contribution in [0, 0.1) is 11.2 Å². The quantitative estimate of drug-likeness (QED) is 0.358. The summed E-state index contributed by atoms with van der Waals surface area (Å²) in [6.07, 6.45) is 6.84. The summed E-state index contributed by atoms with van der Waals surface area (Å²) in [5, 5.41) is 10.0. The molecule has 0 bridgehead atoms. The van der Waals surface area contributed by atoms with Gasteiger partial charge in [0.05, 0.1) is 23.5 Å². The molecule has 4 aliphatic heterocycles. The number of amides is 3. The van der Waals surface area contributed by atoms with Crippen molar-refractivity contribution in [1.29, 1.82) is 0 Å². The minimum atomic E-state index is -0.505. The number of aryl methyl sites for hydroxylation is 1. The molecule has 3 atom stereocenters. The lowest BCUT2D eigenvalue weighted by Crippen LogP contribution is -2.48. The Morgan fingerprint density at radius 1 is 0.961 bits per heavy atom. The Morgan fingerprint density at radius 2 is 1.65 bits per heavy atom. The van der Waals surface area contributed by atoms with E-state index in [9.17, 15) is 19.2 Å². The van der Waals surface area contributed by atoms with Crippen LogP contribution in [0.2, 0.25) is 5.02 Å². The first-order valence-electron chi connectivity index (χ1n) is 17.9. The van der Waals surface area contributed by atoms with Gasteiger partial charge in [0.1, 0.15) is 10.8 Å². The molecule has 0 saturated carbocycles. The van der Waals surface area contributed by atoms with Gasteiger partial charge in [0.25, 0.3) is 11.5 Å². The van der Waals surface area contributed by atoms with Crippen molar-refractivity contribution < 1.29 is 18.8 Å². The second-order valence-corrected chi connectivity index (χ2v) is 15.3. The lowest BCUT2D eigenvalue weighted by molar-refractivity contribution is -0.134. The van der Waals surface area contributed by atoms with E-state index >= 15 is 4.39 Å². The second-order valence-electron chi connectivity index (χ2n) is 14.9. The Bertz CT molecular complexity index is 1870. The van der Waals surface area contributed by atoms with Gasteiger partial charge in [0.15, 0.2) is 0 Å². The van der Waals surface area contributed by atoms with Crippen molar-refractivity contribution in [2.75, 3.05) is 56.5 Å². The Labute approximate surface area is 302 Å². The van der Waals surface area contributed by atoms with Crippen LogP contribution in [-0.2, 0) is 16.6 Å². The zero-order chi connectivity index (χ0) is 35.9. The molecule has 1 aromatic heterocycles. The highest BCUT2D eigenvalue weighted by Gasteiger charge is 2.39. The Kier molecular flexibility index (Phi) is 9.91. The van der Waals surface area contributed by atoms with Gasteiger partial charge in [-0.25, -0.2) is 9.07 Å². The van der Waals surface area contributed by atoms with Gasteiger partial charge < -0.3 is 20.0 Å². The molecule has 7 rings (SSSR count). The van der Waals surface area contributed by atoms with Crippen LogP contribution in [-0.4, -0.2) is 89.7 Å². The SMILES string of the molecule is CN1C[C@@H](Nc2cnn(C)c(=O)c2Cl)C[C@@H](c2ccc(C(=O)N3CCC4(CC3)CCN(c3ccc(C5CCC(=O)NC5=O)cc3F)CC4)cc2)C1. The van der Waals surface area contributed by atoms with Gasteiger partial charge in [-0.15, -0.1) is 0 Å². The smallest absolute Gasteiger partial charge is 0.287 e. The molecule has 51 heavy (non-hydrogen) atoms. The van der Waals surface area contributed by atoms with Crippen LogP contribution in [0.1, 0.15) is 78.3 Å². The zero-order valence-electron chi connectivity index (χ0n) is 29.2. The second kappa shape index (κ2) is 14.4. The van der Waals surface area contributed by atoms with Crippen molar-refractivity contribution in [3.05, 3.63) is 86.5 Å². The summed E-state index contributed by atoms with van der Waals surface area (Å²) >= 11 is 6.31. The summed E-state index contributed by atoms with van der Waals surface area (Å²) in [5.41, 5.74) is 3.37. The van der Waals surface area contributed by atoms with Gasteiger partial charge in [-0.05, 0) is 92.3 Å². The number of hydrogen-bond acceptors (Lipinski definition) is 8. The number of imide groups is 1. The third-order valence-electron chi connectivity index (χ3n) is 11.6. The summed E-state index contributed by atoms with van der Waals surface area (Å²) in [7, 11) is 3.65. The molecule has 5 heterocycles. The number of likely N-dealkylation sites (N-methyl/N-ethyl adjacent to an activating group) is 1. The Balaban J connectivity index is 0.912. The van der Waals surface area contributed by atoms with Gasteiger partial charge >= 0.3 is 0 Å². The predicted octanol–water partition coefficient (Wildman–Crippen LogP) is 4.52. The lowest BCUT2D eigenvalue weighted by atomic mass is 9.71. The largest absolute Gasteiger partial charge is 0.378 e. The molecular formula is C38H45ClFN7O4. The van der Waals surface area contributed by atoms with E-state index in [1.807, 2.05) is 23.1 Å². The van der Waals surface area contributed by atoms with Gasteiger partial charge in [-0.2, -0.15) is 5.10 Å². The fourth-order valence-electron chi connectivity index (χ4n) is 8.49. The summed E-state index contributed by atoms with van der Waals surface area (Å²) < 4.78 is 16.5. The highest BCUT2D eigenvalue weighted by atomic mass is 35.5. The van der Waals surface area contributed by atoms with Crippen LogP contribution in [0.4, 0.5) is 15.8 Å². The van der Waals surface area contributed by atoms with Gasteiger partial charge in [0, 0.05) is 64.3 Å². The summed E-state index contributed by atoms with van der Waals surface area (Å²) in [4.78, 5) is 55.9. The van der Waals surface area contributed by atoms with Crippen LogP contribution >= 0.6 is 11.6 Å². The first-order chi connectivity index (χ1) is 24.5. The highest BCUT2D eigenvalue weighted by Crippen LogP contribution is 2.43. The van der Waals surface area contributed by atoms with Gasteiger partial charge in [0.2, 0.25) is 11.8 Å². The van der Waals surface area contributed by atoms with Gasteiger partial charge in [-0.1, -0.05) is 29.8 Å². The number of carbonyl (C=O) groups is 3. The Hall–Kier alpha value is -4.29. The zero-order valence-corrected chi connectivity index (χ0v) is 29.9. The third kappa shape index (κ3) is 7.39. The van der Waals surface area contributed by atoms with E-state index in [0.29, 0.717) is 42.0 Å². The molecule has 3 aromatic rings. The number of nitrogens with one attached hydrogen (secondary N) is 2. The minimum absolute atomic E-state index is 0.0557. The molecule has 1 spiro atoms. The van der Waals surface area contributed by atoms with E-state index in [4.69, 9.17) is 11.6 Å². The van der Waals surface area contributed by atoms with Gasteiger partial charge in [-0.3, -0.25) is 24.5 Å². The van der Waals surface area contributed by atoms with Crippen molar-refractivity contribution >= 4 is 40.7 Å². The van der Waals surface area contributed by atoms with Crippen LogP contribution in [0.3, 0.4) is 0 Å². The molecule has 4 fully saturated rings. The molecule has 4 aliphatic rings. The molecule has 1 unspecified atom stereocenters. The summed E-state index contributed by atoms with van der Waals surface area (Å²) in [6.45, 7) is 4.59. The van der Waals surface area contributed by atoms with E-state index in [0.717, 1.165) is 58.3 Å². The van der Waals surface area contributed by atoms with E-state index in [1.165, 1.54) is 16.3 Å². The number of carbonyl (C=O) groups excluding carboxylic acids is 3. The number of aromatic nitrogens is 2. The number of hydrogen-bond donors (Lipinski definition) is 2. The number of halogens is 2. The van der Waals surface area contributed by atoms with E-state index < -0.39 is 5.92 Å². The molecule has 2 N–H and O–H groups in total. The highest BCUT2D eigenvalue weighted by molar-refractivity contribution is 6.32. The average Bonchev–Trinajstić information content (AvgIpc) is 3.12. The monoisotopic (exact) mass is 717 g/mol. The molecule has 0 aliphatic carbocycles. The summed E-state index contributed by atoms with van der Waals surface area (Å²) in [5.74, 6) is -1.18. The molecule has 11 nitrogen and oxygen atoms in total. The standard InChI is InChI=1S/C38H45ClFN7O4/c1-44-22-27(19-28(23-44)42-31-21-41-45(2)37(51)34(31)39)24-3-5-25(6-4-24)36(50)47-17-13-38(14-18-47)11-15-46(16-12-38)32-9-7-26(20-30(32)40)29-8-10-33(48)43-35(29)49/h3-7,9,20-21,27-29,42H,8,10-19,22-23H2,1-2H3,(H,43,48,49)/t27-,28+,29?/m1/s1. The molecule has 4 saturated heterocycles. The fourth-order valence-corrected chi connectivity index (χ4v) is 8.72. The Morgan fingerprint density at radius 3 is 2.33 bits per heavy atom. The van der Waals surface area contributed by atoms with E-state index in [2.05, 4.69) is 44.7 Å². The molecule has 3 amide bonds. The fraction of sp³-hybridized carbons (Fsp3) is 0.500. The molecular weight excluding hydrogens is 673 g/mol. The molecule has 270 valence electrons. The first kappa shape index (κ1) is 35.1. The third-order valence-corrected chi connectivity index (χ3v) is 12.0. The molecule has 13 heteroatoms. The van der Waals surface area contributed by atoms with Crippen molar-refractivity contribution in [3.8, 4) is 0 Å². The number of benzene rings is 2. The van der Waals surface area contributed by atoms with Crippen LogP contribution in [0.25, 0.3) is 0 Å². The van der Waals surface area contributed by atoms with Crippen molar-refractivity contribution in [3.63, 3.8) is 0 Å². The number of anilines is 2. The number of piperidine rings is 4. The number of nitrogens with zero attached hydrogens (tertiary/aromatic N) is 5. The normalized spacial score (nSPS) is 24.0. The average molecular weight is 718 g/mol. The van der Waals surface area contributed by atoms with Crippen LogP contribution < -0.4 is 21.1 Å². The topological polar surface area (TPSA) is 120 Å². The number of rotatable bonds is 6. The lowest BCUT2D eigenvalue weighted by Gasteiger charge is -2.47. The predicted molar refractivity (Wildman–Crippen MR) is 194 cm³/mol. The molecule has 0 radical (unpaired) electrons. The maximum Gasteiger partial charge on any atom is 0.287 e. The molecule has 2 aromatic carbocycles. The van der Waals surface area contributed by atoms with Crippen LogP contribution in [0.5, 0.6) is 0 Å². The maximum absolute atomic E-state index is 15.3. The minimum Gasteiger partial charge on any atom is -0.378 e. The van der Waals surface area contributed by atoms with Crippen molar-refractivity contribution in [1.82, 2.24) is 24.9 Å². The summed E-state index contributed by atoms with van der Waals surface area (Å²) in [6, 6.07) is 13.1. The van der Waals surface area contributed by atoms with E-state index in [-0.39, 0.29) is 57.9 Å². The van der Waals surface area contributed by atoms with E-state index in [1.54, 1.807) is 19.3 Å². The van der Waals surface area contributed by atoms with Crippen LogP contribution in [0.15, 0.2) is 53.5 Å². The van der Waals surface area contributed by atoms with Crippen molar-refractivity contribution in [2.24, 2.45) is 12.5 Å². The maximum atomic E-state index is 15.3. The van der Waals surface area contributed by atoms with Crippen molar-refractivity contribution in [2.45, 2.75) is 62.8 Å². The first-order valence-corrected chi connectivity index (χ1v) is 18.3.